The highest BCUT2D eigenvalue weighted by Gasteiger charge is 2.33. The van der Waals surface area contributed by atoms with Crippen LogP contribution in [0.15, 0.2) is 29.6 Å². The van der Waals surface area contributed by atoms with E-state index in [1.807, 2.05) is 11.3 Å². The lowest BCUT2D eigenvalue weighted by molar-refractivity contribution is 0.203. The monoisotopic (exact) mass is 260 g/mol. The predicted octanol–water partition coefficient (Wildman–Crippen LogP) is 3.39. The second-order valence-electron chi connectivity index (χ2n) is 5.00. The Morgan fingerprint density at radius 1 is 1.39 bits per heavy atom. The van der Waals surface area contributed by atoms with Crippen molar-refractivity contribution in [1.29, 1.82) is 0 Å². The van der Waals surface area contributed by atoms with Crippen molar-refractivity contribution in [1.82, 2.24) is 4.90 Å². The highest BCUT2D eigenvalue weighted by atomic mass is 32.1. The van der Waals surface area contributed by atoms with Crippen LogP contribution in [0.3, 0.4) is 0 Å². The summed E-state index contributed by atoms with van der Waals surface area (Å²) in [5.74, 6) is 0. The topological polar surface area (TPSA) is 29.3 Å². The molecule has 0 amide bonds. The molecule has 3 rings (SSSR count). The van der Waals surface area contributed by atoms with Crippen molar-refractivity contribution in [2.75, 3.05) is 13.1 Å². The maximum absolute atomic E-state index is 6.06. The SMILES string of the molecule is CCN(C1CC1)C(CN)c1csc2ccccc12. The lowest BCUT2D eigenvalue weighted by atomic mass is 10.0. The number of hydrogen-bond donors (Lipinski definition) is 1. The van der Waals surface area contributed by atoms with Gasteiger partial charge >= 0.3 is 0 Å². The molecule has 1 unspecified atom stereocenters. The van der Waals surface area contributed by atoms with E-state index in [0.29, 0.717) is 12.6 Å². The summed E-state index contributed by atoms with van der Waals surface area (Å²) in [6, 6.07) is 9.81. The van der Waals surface area contributed by atoms with Crippen molar-refractivity contribution in [3.05, 3.63) is 35.2 Å². The van der Waals surface area contributed by atoms with Crippen molar-refractivity contribution >= 4 is 21.4 Å². The summed E-state index contributed by atoms with van der Waals surface area (Å²) in [5.41, 5.74) is 7.48. The smallest absolute Gasteiger partial charge is 0.0487 e. The van der Waals surface area contributed by atoms with Crippen LogP contribution >= 0.6 is 11.3 Å². The van der Waals surface area contributed by atoms with Crippen LogP contribution in [0.2, 0.25) is 0 Å². The molecule has 2 nitrogen and oxygen atoms in total. The first-order valence-corrected chi connectivity index (χ1v) is 7.65. The van der Waals surface area contributed by atoms with E-state index in [1.54, 1.807) is 0 Å². The predicted molar refractivity (Wildman–Crippen MR) is 79.0 cm³/mol. The molecule has 1 fully saturated rings. The normalized spacial score (nSPS) is 17.5. The zero-order valence-electron chi connectivity index (χ0n) is 10.8. The lowest BCUT2D eigenvalue weighted by Gasteiger charge is -2.29. The first-order chi connectivity index (χ1) is 8.85. The molecule has 3 heteroatoms. The summed E-state index contributed by atoms with van der Waals surface area (Å²) in [6.07, 6.45) is 2.68. The van der Waals surface area contributed by atoms with Crippen LogP contribution in [0.5, 0.6) is 0 Å². The number of rotatable bonds is 5. The quantitative estimate of drug-likeness (QED) is 0.893. The van der Waals surface area contributed by atoms with E-state index in [4.69, 9.17) is 5.73 Å². The summed E-state index contributed by atoms with van der Waals surface area (Å²) < 4.78 is 1.37. The molecule has 1 heterocycles. The minimum absolute atomic E-state index is 0.388. The fourth-order valence-electron chi connectivity index (χ4n) is 2.84. The summed E-state index contributed by atoms with van der Waals surface area (Å²) in [4.78, 5) is 2.58. The number of fused-ring (bicyclic) bond motifs is 1. The summed E-state index contributed by atoms with van der Waals surface area (Å²) in [6.45, 7) is 4.05. The molecule has 0 bridgehead atoms. The van der Waals surface area contributed by atoms with E-state index in [2.05, 4.69) is 41.5 Å². The minimum atomic E-state index is 0.388. The van der Waals surface area contributed by atoms with Gasteiger partial charge in [0.05, 0.1) is 0 Å². The van der Waals surface area contributed by atoms with Crippen LogP contribution in [0, 0.1) is 0 Å². The zero-order valence-corrected chi connectivity index (χ0v) is 11.6. The Labute approximate surface area is 112 Å². The van der Waals surface area contributed by atoms with Gasteiger partial charge in [0.2, 0.25) is 0 Å². The molecule has 1 aliphatic carbocycles. The number of nitrogens with zero attached hydrogens (tertiary/aromatic N) is 1. The van der Waals surface area contributed by atoms with Crippen LogP contribution in [0.1, 0.15) is 31.4 Å². The third-order valence-corrected chi connectivity index (χ3v) is 4.86. The fraction of sp³-hybridized carbons (Fsp3) is 0.467. The summed E-state index contributed by atoms with van der Waals surface area (Å²) in [5, 5.41) is 3.68. The third kappa shape index (κ3) is 2.07. The Bertz CT molecular complexity index is 530. The van der Waals surface area contributed by atoms with E-state index in [9.17, 15) is 0 Å². The Hall–Kier alpha value is -0.900. The second kappa shape index (κ2) is 5.00. The maximum Gasteiger partial charge on any atom is 0.0487 e. The van der Waals surface area contributed by atoms with Crippen LogP contribution < -0.4 is 5.73 Å². The number of benzene rings is 1. The van der Waals surface area contributed by atoms with Crippen LogP contribution in [-0.4, -0.2) is 24.0 Å². The molecule has 1 aliphatic rings. The minimum Gasteiger partial charge on any atom is -0.329 e. The van der Waals surface area contributed by atoms with Gasteiger partial charge in [-0.25, -0.2) is 0 Å². The van der Waals surface area contributed by atoms with Crippen molar-refractivity contribution in [3.8, 4) is 0 Å². The van der Waals surface area contributed by atoms with Gasteiger partial charge in [0.25, 0.3) is 0 Å². The van der Waals surface area contributed by atoms with Gasteiger partial charge in [0.15, 0.2) is 0 Å². The van der Waals surface area contributed by atoms with Gasteiger partial charge in [0, 0.05) is 23.3 Å². The van der Waals surface area contributed by atoms with Crippen molar-refractivity contribution in [2.45, 2.75) is 31.8 Å². The first kappa shape index (κ1) is 12.2. The molecule has 0 saturated heterocycles. The molecule has 2 N–H and O–H groups in total. The van der Waals surface area contributed by atoms with Gasteiger partial charge in [-0.2, -0.15) is 0 Å². The van der Waals surface area contributed by atoms with E-state index in [0.717, 1.165) is 12.6 Å². The maximum atomic E-state index is 6.06. The molecule has 96 valence electrons. The Morgan fingerprint density at radius 2 is 2.17 bits per heavy atom. The highest BCUT2D eigenvalue weighted by molar-refractivity contribution is 7.17. The molecule has 1 saturated carbocycles. The van der Waals surface area contributed by atoms with Gasteiger partial charge in [-0.15, -0.1) is 11.3 Å². The Morgan fingerprint density at radius 3 is 2.83 bits per heavy atom. The Balaban J connectivity index is 1.99. The lowest BCUT2D eigenvalue weighted by Crippen LogP contribution is -2.35. The molecule has 18 heavy (non-hydrogen) atoms. The average Bonchev–Trinajstić information content (AvgIpc) is 3.16. The molecule has 1 atom stereocenters. The van der Waals surface area contributed by atoms with E-state index >= 15 is 0 Å². The average molecular weight is 260 g/mol. The largest absolute Gasteiger partial charge is 0.329 e. The molecule has 1 aromatic carbocycles. The Kier molecular flexibility index (Phi) is 3.37. The summed E-state index contributed by atoms with van der Waals surface area (Å²) in [7, 11) is 0. The van der Waals surface area contributed by atoms with Gasteiger partial charge in [0.1, 0.15) is 0 Å². The fourth-order valence-corrected chi connectivity index (χ4v) is 3.84. The van der Waals surface area contributed by atoms with E-state index < -0.39 is 0 Å². The molecule has 0 spiro atoms. The van der Waals surface area contributed by atoms with Crippen LogP contribution in [-0.2, 0) is 0 Å². The second-order valence-corrected chi connectivity index (χ2v) is 5.91. The molecule has 0 aliphatic heterocycles. The molecular weight excluding hydrogens is 240 g/mol. The van der Waals surface area contributed by atoms with Crippen molar-refractivity contribution < 1.29 is 0 Å². The summed E-state index contributed by atoms with van der Waals surface area (Å²) >= 11 is 1.84. The van der Waals surface area contributed by atoms with Crippen molar-refractivity contribution in [3.63, 3.8) is 0 Å². The standard InChI is InChI=1S/C15H20N2S/c1-2-17(11-7-8-11)14(9-16)13-10-18-15-6-4-3-5-12(13)15/h3-6,10-11,14H,2,7-9,16H2,1H3. The van der Waals surface area contributed by atoms with E-state index in [-0.39, 0.29) is 0 Å². The molecule has 0 radical (unpaired) electrons. The van der Waals surface area contributed by atoms with Gasteiger partial charge in [-0.05, 0) is 41.8 Å². The van der Waals surface area contributed by atoms with Crippen LogP contribution in [0.25, 0.3) is 10.1 Å². The number of likely N-dealkylation sites (N-methyl/N-ethyl adjacent to an activating group) is 1. The number of nitrogens with two attached hydrogens (primary N) is 1. The number of hydrogen-bond acceptors (Lipinski definition) is 3. The van der Waals surface area contributed by atoms with Gasteiger partial charge in [-0.3, -0.25) is 4.90 Å². The first-order valence-electron chi connectivity index (χ1n) is 6.77. The van der Waals surface area contributed by atoms with Gasteiger partial charge < -0.3 is 5.73 Å². The highest BCUT2D eigenvalue weighted by Crippen LogP contribution is 2.38. The zero-order chi connectivity index (χ0) is 12.5. The molecule has 1 aromatic heterocycles. The van der Waals surface area contributed by atoms with Crippen LogP contribution in [0.4, 0.5) is 0 Å². The van der Waals surface area contributed by atoms with Crippen molar-refractivity contribution in [2.24, 2.45) is 5.73 Å². The number of thiophene rings is 1. The molecular formula is C15H20N2S. The van der Waals surface area contributed by atoms with E-state index in [1.165, 1.54) is 28.5 Å². The molecule has 2 aromatic rings. The third-order valence-electron chi connectivity index (χ3n) is 3.87. The van der Waals surface area contributed by atoms with Gasteiger partial charge in [-0.1, -0.05) is 25.1 Å².